The van der Waals surface area contributed by atoms with Crippen LogP contribution < -0.4 is 9.47 Å². The van der Waals surface area contributed by atoms with Crippen molar-refractivity contribution in [3.8, 4) is 17.6 Å². The van der Waals surface area contributed by atoms with Gasteiger partial charge in [-0.2, -0.15) is 5.26 Å². The third-order valence-electron chi connectivity index (χ3n) is 5.57. The van der Waals surface area contributed by atoms with E-state index in [0.29, 0.717) is 22.6 Å². The average molecular weight is 392 g/mol. The van der Waals surface area contributed by atoms with Crippen LogP contribution in [0.25, 0.3) is 0 Å². The highest BCUT2D eigenvalue weighted by Gasteiger charge is 2.17. The van der Waals surface area contributed by atoms with E-state index in [1.54, 1.807) is 18.2 Å². The first-order valence-corrected chi connectivity index (χ1v) is 10.1. The van der Waals surface area contributed by atoms with Crippen LogP contribution in [0.1, 0.15) is 59.4 Å². The van der Waals surface area contributed by atoms with E-state index in [4.69, 9.17) is 14.7 Å². The van der Waals surface area contributed by atoms with Crippen LogP contribution in [0.3, 0.4) is 0 Å². The molecule has 1 aromatic heterocycles. The van der Waals surface area contributed by atoms with E-state index in [9.17, 15) is 4.79 Å². The number of methoxy groups -OCH3 is 1. The first-order chi connectivity index (χ1) is 14.0. The zero-order chi connectivity index (χ0) is 20.8. The van der Waals surface area contributed by atoms with Gasteiger partial charge in [-0.05, 0) is 64.2 Å². The van der Waals surface area contributed by atoms with E-state index in [1.807, 2.05) is 19.9 Å². The maximum absolute atomic E-state index is 12.8. The van der Waals surface area contributed by atoms with Crippen LogP contribution in [0.4, 0.5) is 0 Å². The molecule has 0 N–H and O–H groups in total. The van der Waals surface area contributed by atoms with Crippen LogP contribution in [0.2, 0.25) is 0 Å². The number of benzene rings is 1. The molecule has 1 heterocycles. The minimum absolute atomic E-state index is 0.0624. The first kappa shape index (κ1) is 20.7. The number of nitrogens with zero attached hydrogens (tertiary/aromatic N) is 2. The van der Waals surface area contributed by atoms with Crippen molar-refractivity contribution in [1.82, 2.24) is 4.57 Å². The van der Waals surface area contributed by atoms with Gasteiger partial charge in [0.2, 0.25) is 5.78 Å². The van der Waals surface area contributed by atoms with Gasteiger partial charge in [0.15, 0.2) is 18.1 Å². The summed E-state index contributed by atoms with van der Waals surface area (Å²) in [7, 11) is 1.51. The van der Waals surface area contributed by atoms with Crippen molar-refractivity contribution in [3.05, 3.63) is 58.4 Å². The van der Waals surface area contributed by atoms with Crippen LogP contribution >= 0.6 is 0 Å². The number of ketones is 1. The molecule has 0 fully saturated rings. The Hall–Kier alpha value is -3.00. The maximum Gasteiger partial charge on any atom is 0.202 e. The van der Waals surface area contributed by atoms with E-state index in [2.05, 4.69) is 16.7 Å². The van der Waals surface area contributed by atoms with Crippen LogP contribution in [-0.2, 0) is 6.54 Å². The van der Waals surface area contributed by atoms with Gasteiger partial charge in [0.1, 0.15) is 0 Å². The number of carbonyl (C=O) groups excluding carboxylic acids is 1. The lowest BCUT2D eigenvalue weighted by Gasteiger charge is -2.15. The Balaban J connectivity index is 1.67. The van der Waals surface area contributed by atoms with Gasteiger partial charge in [0.05, 0.1) is 18.7 Å². The number of rotatable bonds is 8. The lowest BCUT2D eigenvalue weighted by atomic mass is 9.97. The summed E-state index contributed by atoms with van der Waals surface area (Å²) in [6.07, 6.45) is 8.40. The number of allylic oxidation sites excluding steroid dienone is 2. The minimum Gasteiger partial charge on any atom is -0.493 e. The zero-order valence-electron chi connectivity index (χ0n) is 17.5. The van der Waals surface area contributed by atoms with Gasteiger partial charge < -0.3 is 14.0 Å². The van der Waals surface area contributed by atoms with Crippen LogP contribution in [0, 0.1) is 25.2 Å². The SMILES string of the molecule is COc1cc(C#N)ccc1OCC(=O)c1cc(C)n(CCC2=CCCCC2)c1C. The minimum atomic E-state index is -0.0717. The van der Waals surface area contributed by atoms with Gasteiger partial charge in [-0.15, -0.1) is 0 Å². The largest absolute Gasteiger partial charge is 0.493 e. The number of carbonyl (C=O) groups is 1. The molecule has 5 nitrogen and oxygen atoms in total. The van der Waals surface area contributed by atoms with Crippen LogP contribution in [0.5, 0.6) is 11.5 Å². The number of hydrogen-bond donors (Lipinski definition) is 0. The van der Waals surface area contributed by atoms with E-state index in [0.717, 1.165) is 24.4 Å². The third kappa shape index (κ3) is 4.89. The molecule has 152 valence electrons. The standard InChI is InChI=1S/C24H28N2O3/c1-17-13-21(18(2)26(17)12-11-19-7-5-4-6-8-19)22(27)16-29-23-10-9-20(15-25)14-24(23)28-3/h7,9-10,13-14H,4-6,8,11-12,16H2,1-3H3. The quantitative estimate of drug-likeness (QED) is 0.461. The summed E-state index contributed by atoms with van der Waals surface area (Å²) in [5.74, 6) is 0.841. The molecule has 3 rings (SSSR count). The first-order valence-electron chi connectivity index (χ1n) is 10.1. The van der Waals surface area contributed by atoms with Crippen LogP contribution in [-0.4, -0.2) is 24.1 Å². The summed E-state index contributed by atoms with van der Waals surface area (Å²) in [4.78, 5) is 12.8. The molecule has 29 heavy (non-hydrogen) atoms. The van der Waals surface area contributed by atoms with Gasteiger partial charge in [0, 0.05) is 29.6 Å². The predicted molar refractivity (Wildman–Crippen MR) is 113 cm³/mol. The van der Waals surface area contributed by atoms with Gasteiger partial charge in [-0.25, -0.2) is 0 Å². The number of aryl methyl sites for hydroxylation is 1. The lowest BCUT2D eigenvalue weighted by molar-refractivity contribution is 0.0918. The molecule has 0 unspecified atom stereocenters. The maximum atomic E-state index is 12.8. The molecule has 1 aromatic carbocycles. The second-order valence-corrected chi connectivity index (χ2v) is 7.48. The molecular weight excluding hydrogens is 364 g/mol. The average Bonchev–Trinajstić information content (AvgIpc) is 3.04. The van der Waals surface area contributed by atoms with Crippen molar-refractivity contribution >= 4 is 5.78 Å². The van der Waals surface area contributed by atoms with E-state index < -0.39 is 0 Å². The summed E-state index contributed by atoms with van der Waals surface area (Å²) in [5, 5.41) is 8.99. The highest BCUT2D eigenvalue weighted by molar-refractivity contribution is 5.98. The molecule has 0 aliphatic heterocycles. The van der Waals surface area contributed by atoms with Crippen molar-refractivity contribution < 1.29 is 14.3 Å². The van der Waals surface area contributed by atoms with E-state index >= 15 is 0 Å². The smallest absolute Gasteiger partial charge is 0.202 e. The lowest BCUT2D eigenvalue weighted by Crippen LogP contribution is -2.13. The Morgan fingerprint density at radius 2 is 2.03 bits per heavy atom. The van der Waals surface area contributed by atoms with Crippen molar-refractivity contribution in [2.24, 2.45) is 0 Å². The normalized spacial score (nSPS) is 13.5. The van der Waals surface area contributed by atoms with Crippen molar-refractivity contribution in [2.45, 2.75) is 52.5 Å². The summed E-state index contributed by atoms with van der Waals surface area (Å²) in [6, 6.07) is 8.92. The fourth-order valence-corrected chi connectivity index (χ4v) is 3.89. The number of ether oxygens (including phenoxy) is 2. The summed E-state index contributed by atoms with van der Waals surface area (Å²) in [6.45, 7) is 4.88. The predicted octanol–water partition coefficient (Wildman–Crippen LogP) is 5.14. The Morgan fingerprint density at radius 3 is 2.72 bits per heavy atom. The Morgan fingerprint density at radius 1 is 1.21 bits per heavy atom. The van der Waals surface area contributed by atoms with Crippen molar-refractivity contribution in [1.29, 1.82) is 5.26 Å². The molecular formula is C24H28N2O3. The fraction of sp³-hybridized carbons (Fsp3) is 0.417. The van der Waals surface area contributed by atoms with Crippen molar-refractivity contribution in [3.63, 3.8) is 0 Å². The molecule has 1 aliphatic carbocycles. The molecule has 0 saturated heterocycles. The summed E-state index contributed by atoms with van der Waals surface area (Å²) in [5.41, 5.74) is 4.80. The molecule has 2 aromatic rings. The Labute approximate surface area is 172 Å². The van der Waals surface area contributed by atoms with Gasteiger partial charge in [-0.1, -0.05) is 11.6 Å². The van der Waals surface area contributed by atoms with Crippen LogP contribution in [0.15, 0.2) is 35.9 Å². The van der Waals surface area contributed by atoms with Gasteiger partial charge in [-0.3, -0.25) is 4.79 Å². The van der Waals surface area contributed by atoms with Gasteiger partial charge >= 0.3 is 0 Å². The molecule has 0 spiro atoms. The molecule has 5 heteroatoms. The Kier molecular flexibility index (Phi) is 6.77. The number of hydrogen-bond acceptors (Lipinski definition) is 4. The van der Waals surface area contributed by atoms with E-state index in [1.165, 1.54) is 38.4 Å². The topological polar surface area (TPSA) is 64.2 Å². The highest BCUT2D eigenvalue weighted by Crippen LogP contribution is 2.28. The second-order valence-electron chi connectivity index (χ2n) is 7.48. The molecule has 0 amide bonds. The summed E-state index contributed by atoms with van der Waals surface area (Å²) >= 11 is 0. The van der Waals surface area contributed by atoms with Gasteiger partial charge in [0.25, 0.3) is 0 Å². The highest BCUT2D eigenvalue weighted by atomic mass is 16.5. The number of Topliss-reactive ketones (excluding diaryl/α,β-unsaturated/α-hetero) is 1. The third-order valence-corrected chi connectivity index (χ3v) is 5.57. The Bertz CT molecular complexity index is 963. The van der Waals surface area contributed by atoms with Crippen molar-refractivity contribution in [2.75, 3.05) is 13.7 Å². The van der Waals surface area contributed by atoms with E-state index in [-0.39, 0.29) is 12.4 Å². The molecule has 0 atom stereocenters. The number of nitriles is 1. The summed E-state index contributed by atoms with van der Waals surface area (Å²) < 4.78 is 13.2. The monoisotopic (exact) mass is 392 g/mol. The molecule has 0 bridgehead atoms. The fourth-order valence-electron chi connectivity index (χ4n) is 3.89. The number of aromatic nitrogens is 1. The second kappa shape index (κ2) is 9.47. The molecule has 0 saturated carbocycles. The molecule has 0 radical (unpaired) electrons. The zero-order valence-corrected chi connectivity index (χ0v) is 17.5. The molecule has 1 aliphatic rings.